The summed E-state index contributed by atoms with van der Waals surface area (Å²) in [6, 6.07) is 14.5. The molecule has 1 heterocycles. The predicted molar refractivity (Wildman–Crippen MR) is 85.9 cm³/mol. The van der Waals surface area contributed by atoms with Gasteiger partial charge in [0.15, 0.2) is 5.82 Å². The summed E-state index contributed by atoms with van der Waals surface area (Å²) in [5.74, 6) is 1.99. The highest BCUT2D eigenvalue weighted by Crippen LogP contribution is 2.22. The van der Waals surface area contributed by atoms with Gasteiger partial charge < -0.3 is 10.5 Å². The highest BCUT2D eigenvalue weighted by Gasteiger charge is 2.14. The highest BCUT2D eigenvalue weighted by molar-refractivity contribution is 6.30. The van der Waals surface area contributed by atoms with Crippen LogP contribution in [-0.2, 0) is 0 Å². The van der Waals surface area contributed by atoms with Crippen molar-refractivity contribution in [2.24, 2.45) is 5.73 Å². The first-order valence-electron chi connectivity index (χ1n) is 6.75. The lowest BCUT2D eigenvalue weighted by atomic mass is 10.1. The average molecular weight is 315 g/mol. The second-order valence-corrected chi connectivity index (χ2v) is 5.24. The Morgan fingerprint density at radius 2 is 1.77 bits per heavy atom. The summed E-state index contributed by atoms with van der Waals surface area (Å²) >= 11 is 5.88. The molecule has 5 nitrogen and oxygen atoms in total. The first-order valence-corrected chi connectivity index (χ1v) is 7.13. The molecule has 0 unspecified atom stereocenters. The molecule has 3 rings (SSSR count). The lowest BCUT2D eigenvalue weighted by Crippen LogP contribution is -2.13. The third kappa shape index (κ3) is 2.95. The van der Waals surface area contributed by atoms with Crippen molar-refractivity contribution in [2.75, 3.05) is 7.11 Å². The first kappa shape index (κ1) is 14.6. The zero-order valence-corrected chi connectivity index (χ0v) is 12.7. The van der Waals surface area contributed by atoms with Crippen molar-refractivity contribution >= 4 is 11.6 Å². The molecular weight excluding hydrogens is 300 g/mol. The topological polar surface area (TPSA) is 76.8 Å². The van der Waals surface area contributed by atoms with Gasteiger partial charge in [0.05, 0.1) is 13.2 Å². The van der Waals surface area contributed by atoms with E-state index >= 15 is 0 Å². The minimum Gasteiger partial charge on any atom is -0.497 e. The van der Waals surface area contributed by atoms with E-state index < -0.39 is 0 Å². The van der Waals surface area contributed by atoms with Gasteiger partial charge in [0.25, 0.3) is 0 Å². The van der Waals surface area contributed by atoms with E-state index in [1.54, 1.807) is 19.2 Å². The molecule has 0 fully saturated rings. The number of halogens is 1. The van der Waals surface area contributed by atoms with Crippen LogP contribution in [0.25, 0.3) is 11.4 Å². The molecule has 2 aromatic carbocycles. The maximum Gasteiger partial charge on any atom is 0.181 e. The van der Waals surface area contributed by atoms with Crippen molar-refractivity contribution in [1.82, 2.24) is 15.2 Å². The second kappa shape index (κ2) is 6.17. The molecule has 0 saturated heterocycles. The average Bonchev–Trinajstić information content (AvgIpc) is 3.05. The third-order valence-electron chi connectivity index (χ3n) is 3.37. The maximum atomic E-state index is 6.23. The van der Waals surface area contributed by atoms with Crippen LogP contribution in [0.2, 0.25) is 5.02 Å². The zero-order valence-electron chi connectivity index (χ0n) is 12.0. The van der Waals surface area contributed by atoms with E-state index in [0.717, 1.165) is 16.9 Å². The molecule has 6 heteroatoms. The Bertz CT molecular complexity index is 753. The van der Waals surface area contributed by atoms with Crippen LogP contribution in [0.5, 0.6) is 5.75 Å². The Labute approximate surface area is 133 Å². The minimum absolute atomic E-state index is 0.376. The number of aromatic nitrogens is 3. The number of nitrogens with zero attached hydrogens (tertiary/aromatic N) is 2. The van der Waals surface area contributed by atoms with Crippen LogP contribution < -0.4 is 10.5 Å². The van der Waals surface area contributed by atoms with Crippen LogP contribution in [0.15, 0.2) is 48.5 Å². The SMILES string of the molecule is COc1ccc([C@H](N)c2nc(-c3ccc(Cl)cc3)n[nH]2)cc1. The number of hydrogen-bond donors (Lipinski definition) is 2. The van der Waals surface area contributed by atoms with Crippen molar-refractivity contribution in [3.63, 3.8) is 0 Å². The summed E-state index contributed by atoms with van der Waals surface area (Å²) in [7, 11) is 1.63. The first-order chi connectivity index (χ1) is 10.7. The summed E-state index contributed by atoms with van der Waals surface area (Å²) in [5, 5.41) is 7.78. The fourth-order valence-electron chi connectivity index (χ4n) is 2.11. The van der Waals surface area contributed by atoms with Crippen molar-refractivity contribution in [3.05, 3.63) is 64.9 Å². The van der Waals surface area contributed by atoms with Gasteiger partial charge in [-0.1, -0.05) is 23.7 Å². The number of methoxy groups -OCH3 is 1. The third-order valence-corrected chi connectivity index (χ3v) is 3.63. The molecule has 0 saturated carbocycles. The molecular formula is C16H15ClN4O. The van der Waals surface area contributed by atoms with Crippen molar-refractivity contribution in [2.45, 2.75) is 6.04 Å². The van der Waals surface area contributed by atoms with Gasteiger partial charge in [-0.25, -0.2) is 4.98 Å². The number of hydrogen-bond acceptors (Lipinski definition) is 4. The Kier molecular flexibility index (Phi) is 4.09. The molecule has 0 bridgehead atoms. The Hall–Kier alpha value is -2.37. The number of nitrogens with one attached hydrogen (secondary N) is 1. The molecule has 0 aliphatic carbocycles. The molecule has 1 aromatic heterocycles. The monoisotopic (exact) mass is 314 g/mol. The van der Waals surface area contributed by atoms with E-state index in [1.165, 1.54) is 0 Å². The van der Waals surface area contributed by atoms with Gasteiger partial charge in [-0.05, 0) is 42.0 Å². The Balaban J connectivity index is 1.84. The van der Waals surface area contributed by atoms with Crippen LogP contribution in [0.4, 0.5) is 0 Å². The summed E-state index contributed by atoms with van der Waals surface area (Å²) in [6.45, 7) is 0. The van der Waals surface area contributed by atoms with Gasteiger partial charge in [-0.15, -0.1) is 0 Å². The van der Waals surface area contributed by atoms with Gasteiger partial charge in [-0.2, -0.15) is 5.10 Å². The second-order valence-electron chi connectivity index (χ2n) is 4.80. The summed E-state index contributed by atoms with van der Waals surface area (Å²) < 4.78 is 5.14. The Morgan fingerprint density at radius 3 is 2.41 bits per heavy atom. The largest absolute Gasteiger partial charge is 0.497 e. The van der Waals surface area contributed by atoms with Gasteiger partial charge >= 0.3 is 0 Å². The molecule has 0 aliphatic rings. The van der Waals surface area contributed by atoms with Gasteiger partial charge in [0.2, 0.25) is 0 Å². The number of ether oxygens (including phenoxy) is 1. The predicted octanol–water partition coefficient (Wildman–Crippen LogP) is 3.18. The fourth-order valence-corrected chi connectivity index (χ4v) is 2.24. The van der Waals surface area contributed by atoms with E-state index in [9.17, 15) is 0 Å². The zero-order chi connectivity index (χ0) is 15.5. The summed E-state index contributed by atoms with van der Waals surface area (Å²) in [4.78, 5) is 4.46. The van der Waals surface area contributed by atoms with E-state index in [1.807, 2.05) is 36.4 Å². The summed E-state index contributed by atoms with van der Waals surface area (Å²) in [5.41, 5.74) is 8.04. The lowest BCUT2D eigenvalue weighted by Gasteiger charge is -2.09. The maximum absolute atomic E-state index is 6.23. The molecule has 0 amide bonds. The van der Waals surface area contributed by atoms with Gasteiger partial charge in [-0.3, -0.25) is 5.10 Å². The van der Waals surface area contributed by atoms with Crippen molar-refractivity contribution in [1.29, 1.82) is 0 Å². The lowest BCUT2D eigenvalue weighted by molar-refractivity contribution is 0.414. The number of rotatable bonds is 4. The number of nitrogens with two attached hydrogens (primary N) is 1. The summed E-state index contributed by atoms with van der Waals surface area (Å²) in [6.07, 6.45) is 0. The van der Waals surface area contributed by atoms with Crippen molar-refractivity contribution in [3.8, 4) is 17.1 Å². The van der Waals surface area contributed by atoms with Gasteiger partial charge in [0, 0.05) is 10.6 Å². The van der Waals surface area contributed by atoms with E-state index in [4.69, 9.17) is 22.1 Å². The highest BCUT2D eigenvalue weighted by atomic mass is 35.5. The molecule has 0 aliphatic heterocycles. The van der Waals surface area contributed by atoms with E-state index in [2.05, 4.69) is 15.2 Å². The number of H-pyrrole nitrogens is 1. The number of aromatic amines is 1. The Morgan fingerprint density at radius 1 is 1.09 bits per heavy atom. The molecule has 0 radical (unpaired) electrons. The number of benzene rings is 2. The van der Waals surface area contributed by atoms with Crippen LogP contribution in [-0.4, -0.2) is 22.3 Å². The van der Waals surface area contributed by atoms with Crippen LogP contribution in [0.1, 0.15) is 17.4 Å². The molecule has 3 N–H and O–H groups in total. The van der Waals surface area contributed by atoms with Crippen LogP contribution >= 0.6 is 11.6 Å². The smallest absolute Gasteiger partial charge is 0.181 e. The van der Waals surface area contributed by atoms with Gasteiger partial charge in [0.1, 0.15) is 11.6 Å². The normalized spacial score (nSPS) is 12.1. The molecule has 22 heavy (non-hydrogen) atoms. The standard InChI is InChI=1S/C16H15ClN4O/c1-22-13-8-4-10(5-9-13)14(18)16-19-15(20-21-16)11-2-6-12(17)7-3-11/h2-9,14H,18H2,1H3,(H,19,20,21)/t14-/m0/s1. The fraction of sp³-hybridized carbons (Fsp3) is 0.125. The molecule has 112 valence electrons. The van der Waals surface area contributed by atoms with E-state index in [-0.39, 0.29) is 6.04 Å². The molecule has 0 spiro atoms. The quantitative estimate of drug-likeness (QED) is 0.775. The minimum atomic E-state index is -0.376. The van der Waals surface area contributed by atoms with Crippen molar-refractivity contribution < 1.29 is 4.74 Å². The molecule has 3 aromatic rings. The van der Waals surface area contributed by atoms with Crippen LogP contribution in [0.3, 0.4) is 0 Å². The molecule has 1 atom stereocenters. The van der Waals surface area contributed by atoms with E-state index in [0.29, 0.717) is 16.7 Å². The van der Waals surface area contributed by atoms with Crippen LogP contribution in [0, 0.1) is 0 Å².